The van der Waals surface area contributed by atoms with E-state index in [1.807, 2.05) is 32.9 Å². The van der Waals surface area contributed by atoms with Gasteiger partial charge < -0.3 is 14.6 Å². The van der Waals surface area contributed by atoms with Crippen LogP contribution >= 0.6 is 0 Å². The normalized spacial score (nSPS) is 18.9. The molecule has 2 aromatic rings. The van der Waals surface area contributed by atoms with Crippen LogP contribution in [0.15, 0.2) is 29.4 Å². The number of carbonyl (C=O) groups excluding carboxylic acids is 1. The van der Waals surface area contributed by atoms with Gasteiger partial charge in [-0.05, 0) is 51.7 Å². The summed E-state index contributed by atoms with van der Waals surface area (Å²) in [7, 11) is -3.55. The zero-order valence-corrected chi connectivity index (χ0v) is 16.2. The number of imidazole rings is 1. The van der Waals surface area contributed by atoms with Crippen LogP contribution in [0, 0.1) is 5.92 Å². The Kier molecular flexibility index (Phi) is 4.96. The van der Waals surface area contributed by atoms with Crippen molar-refractivity contribution in [3.63, 3.8) is 0 Å². The van der Waals surface area contributed by atoms with E-state index >= 15 is 0 Å². The highest BCUT2D eigenvalue weighted by Gasteiger charge is 2.31. The molecule has 0 spiro atoms. The van der Waals surface area contributed by atoms with E-state index in [1.165, 1.54) is 0 Å². The van der Waals surface area contributed by atoms with Gasteiger partial charge in [-0.3, -0.25) is 0 Å². The van der Waals surface area contributed by atoms with Crippen LogP contribution in [0.1, 0.15) is 33.6 Å². The van der Waals surface area contributed by atoms with Gasteiger partial charge in [-0.1, -0.05) is 12.1 Å². The SMILES string of the molecule is CC(C)(C)OC(=O)N1CCC[C@@H](CS(=O)(=O)c2nc3ccccc3[nH]2)C1. The van der Waals surface area contributed by atoms with Gasteiger partial charge in [0.25, 0.3) is 0 Å². The number of benzene rings is 1. The highest BCUT2D eigenvalue weighted by molar-refractivity contribution is 7.91. The Hall–Kier alpha value is -2.09. The number of aromatic amines is 1. The molecule has 142 valence electrons. The second-order valence-electron chi connectivity index (χ2n) is 7.78. The predicted molar refractivity (Wildman–Crippen MR) is 98.7 cm³/mol. The summed E-state index contributed by atoms with van der Waals surface area (Å²) >= 11 is 0. The first-order chi connectivity index (χ1) is 12.1. The number of amides is 1. The molecule has 1 saturated heterocycles. The second kappa shape index (κ2) is 6.90. The van der Waals surface area contributed by atoms with Crippen molar-refractivity contribution >= 4 is 27.0 Å². The van der Waals surface area contributed by atoms with Crippen LogP contribution in [0.25, 0.3) is 11.0 Å². The molecule has 7 nitrogen and oxygen atoms in total. The van der Waals surface area contributed by atoms with Crippen molar-refractivity contribution in [2.75, 3.05) is 18.8 Å². The number of H-pyrrole nitrogens is 1. The van der Waals surface area contributed by atoms with Crippen molar-refractivity contribution in [1.82, 2.24) is 14.9 Å². The Labute approximate surface area is 153 Å². The van der Waals surface area contributed by atoms with Crippen molar-refractivity contribution in [1.29, 1.82) is 0 Å². The van der Waals surface area contributed by atoms with Crippen molar-refractivity contribution in [2.24, 2.45) is 5.92 Å². The molecule has 1 aromatic heterocycles. The third-order valence-electron chi connectivity index (χ3n) is 4.29. The van der Waals surface area contributed by atoms with E-state index in [0.29, 0.717) is 24.1 Å². The van der Waals surface area contributed by atoms with Gasteiger partial charge in [0.05, 0.1) is 16.8 Å². The first-order valence-corrected chi connectivity index (χ1v) is 10.4. The van der Waals surface area contributed by atoms with E-state index in [2.05, 4.69) is 9.97 Å². The summed E-state index contributed by atoms with van der Waals surface area (Å²) < 4.78 is 30.9. The molecule has 0 saturated carbocycles. The number of likely N-dealkylation sites (tertiary alicyclic amines) is 1. The number of carbonyl (C=O) groups is 1. The number of piperidine rings is 1. The van der Waals surface area contributed by atoms with E-state index in [-0.39, 0.29) is 22.9 Å². The minimum Gasteiger partial charge on any atom is -0.444 e. The lowest BCUT2D eigenvalue weighted by Gasteiger charge is -2.33. The van der Waals surface area contributed by atoms with Crippen LogP contribution in [0.3, 0.4) is 0 Å². The Morgan fingerprint density at radius 2 is 2.08 bits per heavy atom. The zero-order valence-electron chi connectivity index (χ0n) is 15.4. The van der Waals surface area contributed by atoms with Crippen LogP contribution < -0.4 is 0 Å². The number of fused-ring (bicyclic) bond motifs is 1. The van der Waals surface area contributed by atoms with Crippen molar-refractivity contribution in [3.8, 4) is 0 Å². The van der Waals surface area contributed by atoms with Crippen molar-refractivity contribution < 1.29 is 17.9 Å². The number of hydrogen-bond donors (Lipinski definition) is 1. The fourth-order valence-electron chi connectivity index (χ4n) is 3.16. The van der Waals surface area contributed by atoms with E-state index in [1.54, 1.807) is 17.0 Å². The number of sulfone groups is 1. The fraction of sp³-hybridized carbons (Fsp3) is 0.556. The molecule has 3 rings (SSSR count). The maximum absolute atomic E-state index is 12.7. The van der Waals surface area contributed by atoms with Gasteiger partial charge in [0, 0.05) is 13.1 Å². The third-order valence-corrected chi connectivity index (χ3v) is 5.98. The average Bonchev–Trinajstić information content (AvgIpc) is 2.98. The van der Waals surface area contributed by atoms with Crippen molar-refractivity contribution in [3.05, 3.63) is 24.3 Å². The molecular formula is C18H25N3O4S. The van der Waals surface area contributed by atoms with Crippen LogP contribution in [-0.2, 0) is 14.6 Å². The lowest BCUT2D eigenvalue weighted by molar-refractivity contribution is 0.0176. The number of hydrogen-bond acceptors (Lipinski definition) is 5. The van der Waals surface area contributed by atoms with E-state index in [0.717, 1.165) is 12.8 Å². The number of aromatic nitrogens is 2. The van der Waals surface area contributed by atoms with Gasteiger partial charge >= 0.3 is 6.09 Å². The highest BCUT2D eigenvalue weighted by Crippen LogP contribution is 2.23. The summed E-state index contributed by atoms with van der Waals surface area (Å²) in [5.41, 5.74) is 0.764. The smallest absolute Gasteiger partial charge is 0.410 e. The molecule has 1 aliphatic rings. The fourth-order valence-corrected chi connectivity index (χ4v) is 4.71. The number of nitrogens with zero attached hydrogens (tertiary/aromatic N) is 2. The topological polar surface area (TPSA) is 92.4 Å². The third kappa shape index (κ3) is 4.35. The molecule has 1 fully saturated rings. The lowest BCUT2D eigenvalue weighted by atomic mass is 10.0. The van der Waals surface area contributed by atoms with E-state index in [4.69, 9.17) is 4.74 Å². The molecule has 1 atom stereocenters. The molecule has 26 heavy (non-hydrogen) atoms. The summed E-state index contributed by atoms with van der Waals surface area (Å²) in [5.74, 6) is -0.166. The predicted octanol–water partition coefficient (Wildman–Crippen LogP) is 2.98. The van der Waals surface area contributed by atoms with E-state index in [9.17, 15) is 13.2 Å². The number of nitrogens with one attached hydrogen (secondary N) is 1. The number of rotatable bonds is 3. The van der Waals surface area contributed by atoms with Crippen LogP contribution in [0.2, 0.25) is 0 Å². The average molecular weight is 379 g/mol. The summed E-state index contributed by atoms with van der Waals surface area (Å²) in [6.07, 6.45) is 1.14. The second-order valence-corrected chi connectivity index (χ2v) is 9.72. The summed E-state index contributed by atoms with van der Waals surface area (Å²) in [4.78, 5) is 20.9. The quantitative estimate of drug-likeness (QED) is 0.885. The lowest BCUT2D eigenvalue weighted by Crippen LogP contribution is -2.44. The molecule has 1 aromatic carbocycles. The molecule has 8 heteroatoms. The molecule has 0 aliphatic carbocycles. The molecule has 0 bridgehead atoms. The molecule has 0 radical (unpaired) electrons. The van der Waals surface area contributed by atoms with Crippen LogP contribution in [0.5, 0.6) is 0 Å². The molecule has 1 amide bonds. The first kappa shape index (κ1) is 18.7. The standard InChI is InChI=1S/C18H25N3O4S/c1-18(2,3)25-17(22)21-10-6-7-13(11-21)12-26(23,24)16-19-14-8-4-5-9-15(14)20-16/h4-5,8-9,13H,6-7,10-12H2,1-3H3,(H,19,20)/t13-/m1/s1. The first-order valence-electron chi connectivity index (χ1n) is 8.79. The molecule has 0 unspecified atom stereocenters. The van der Waals surface area contributed by atoms with Crippen LogP contribution in [-0.4, -0.2) is 53.8 Å². The maximum Gasteiger partial charge on any atom is 0.410 e. The van der Waals surface area contributed by atoms with Crippen LogP contribution in [0.4, 0.5) is 4.79 Å². The van der Waals surface area contributed by atoms with E-state index < -0.39 is 15.4 Å². The van der Waals surface area contributed by atoms with Gasteiger partial charge in [0.1, 0.15) is 5.60 Å². The zero-order chi connectivity index (χ0) is 18.9. The minimum atomic E-state index is -3.55. The summed E-state index contributed by atoms with van der Waals surface area (Å²) in [6, 6.07) is 7.22. The summed E-state index contributed by atoms with van der Waals surface area (Å²) in [6.45, 7) is 6.43. The molecular weight excluding hydrogens is 354 g/mol. The highest BCUT2D eigenvalue weighted by atomic mass is 32.2. The van der Waals surface area contributed by atoms with Gasteiger partial charge in [-0.25, -0.2) is 18.2 Å². The minimum absolute atomic E-state index is 0.00640. The monoisotopic (exact) mass is 379 g/mol. The Morgan fingerprint density at radius 1 is 1.35 bits per heavy atom. The largest absolute Gasteiger partial charge is 0.444 e. The molecule has 1 aliphatic heterocycles. The molecule has 2 heterocycles. The summed E-state index contributed by atoms with van der Waals surface area (Å²) in [5, 5.41) is -0.00640. The Balaban J connectivity index is 1.70. The molecule has 1 N–H and O–H groups in total. The number of ether oxygens (including phenoxy) is 1. The van der Waals surface area contributed by atoms with Gasteiger partial charge in [0.2, 0.25) is 15.0 Å². The van der Waals surface area contributed by atoms with Crippen molar-refractivity contribution in [2.45, 2.75) is 44.4 Å². The number of para-hydroxylation sites is 2. The van der Waals surface area contributed by atoms with Gasteiger partial charge in [-0.2, -0.15) is 0 Å². The Bertz CT molecular complexity index is 866. The Morgan fingerprint density at radius 3 is 2.77 bits per heavy atom. The van der Waals surface area contributed by atoms with Gasteiger partial charge in [0.15, 0.2) is 0 Å². The maximum atomic E-state index is 12.7. The van der Waals surface area contributed by atoms with Gasteiger partial charge in [-0.15, -0.1) is 0 Å².